The van der Waals surface area contributed by atoms with Crippen molar-refractivity contribution in [3.8, 4) is 0 Å². The molecular formula is C8H10N2O3S. The van der Waals surface area contributed by atoms with Crippen LogP contribution in [0.15, 0.2) is 0 Å². The number of aldehydes is 1. The summed E-state index contributed by atoms with van der Waals surface area (Å²) in [5.74, 6) is -0.468. The largest absolute Gasteiger partial charge is 0.464 e. The fourth-order valence-corrected chi connectivity index (χ4v) is 1.66. The molecule has 0 aliphatic rings. The summed E-state index contributed by atoms with van der Waals surface area (Å²) in [7, 11) is 1.30. The molecule has 0 saturated carbocycles. The molecule has 0 saturated heterocycles. The Morgan fingerprint density at radius 3 is 3.00 bits per heavy atom. The highest BCUT2D eigenvalue weighted by atomic mass is 32.1. The van der Waals surface area contributed by atoms with Gasteiger partial charge in [-0.15, -0.1) is 10.2 Å². The summed E-state index contributed by atoms with van der Waals surface area (Å²) in [6.45, 7) is 0. The Morgan fingerprint density at radius 2 is 2.36 bits per heavy atom. The predicted octanol–water partition coefficient (Wildman–Crippen LogP) is 0.846. The number of rotatable bonds is 5. The molecule has 1 aromatic rings. The number of hydrogen-bond donors (Lipinski definition) is 0. The lowest BCUT2D eigenvalue weighted by atomic mass is 10.3. The maximum absolute atomic E-state index is 11.0. The van der Waals surface area contributed by atoms with Gasteiger partial charge in [0.05, 0.1) is 7.11 Å². The second-order valence-corrected chi connectivity index (χ2v) is 3.61. The Labute approximate surface area is 85.1 Å². The summed E-state index contributed by atoms with van der Waals surface area (Å²) in [6, 6.07) is 0. The van der Waals surface area contributed by atoms with E-state index in [1.807, 2.05) is 0 Å². The molecule has 0 N–H and O–H groups in total. The summed E-state index contributed by atoms with van der Waals surface area (Å²) < 4.78 is 4.49. The number of aromatic nitrogens is 2. The standard InChI is InChI=1S/C8H10N2O3S/c1-13-8(12)7-10-9-6(14-7)4-2-3-5-11/h5H,2-4H2,1H3. The number of methoxy groups -OCH3 is 1. The van der Waals surface area contributed by atoms with Crippen LogP contribution in [-0.2, 0) is 16.0 Å². The highest BCUT2D eigenvalue weighted by Crippen LogP contribution is 2.12. The Morgan fingerprint density at radius 1 is 1.57 bits per heavy atom. The van der Waals surface area contributed by atoms with E-state index in [0.29, 0.717) is 12.8 Å². The van der Waals surface area contributed by atoms with Gasteiger partial charge in [-0.2, -0.15) is 0 Å². The molecule has 1 heterocycles. The van der Waals surface area contributed by atoms with Crippen molar-refractivity contribution in [3.05, 3.63) is 10.0 Å². The van der Waals surface area contributed by atoms with Crippen LogP contribution in [0.5, 0.6) is 0 Å². The first-order chi connectivity index (χ1) is 6.77. The lowest BCUT2D eigenvalue weighted by Gasteiger charge is -1.90. The van der Waals surface area contributed by atoms with Gasteiger partial charge in [-0.25, -0.2) is 4.79 Å². The van der Waals surface area contributed by atoms with Crippen LogP contribution in [-0.4, -0.2) is 29.6 Å². The molecule has 1 rings (SSSR count). The van der Waals surface area contributed by atoms with Crippen LogP contribution in [0.25, 0.3) is 0 Å². The van der Waals surface area contributed by atoms with Gasteiger partial charge < -0.3 is 9.53 Å². The molecule has 0 amide bonds. The molecule has 76 valence electrons. The molecule has 6 heteroatoms. The molecule has 0 spiro atoms. The number of carbonyl (C=O) groups is 2. The van der Waals surface area contributed by atoms with Crippen LogP contribution in [0.1, 0.15) is 27.7 Å². The van der Waals surface area contributed by atoms with Gasteiger partial charge in [0.15, 0.2) is 0 Å². The van der Waals surface area contributed by atoms with Crippen molar-refractivity contribution in [3.63, 3.8) is 0 Å². The average Bonchev–Trinajstić information content (AvgIpc) is 2.66. The minimum Gasteiger partial charge on any atom is -0.464 e. The van der Waals surface area contributed by atoms with Gasteiger partial charge >= 0.3 is 5.97 Å². The van der Waals surface area contributed by atoms with Crippen molar-refractivity contribution in [2.45, 2.75) is 19.3 Å². The second-order valence-electron chi connectivity index (χ2n) is 2.55. The smallest absolute Gasteiger partial charge is 0.369 e. The minimum atomic E-state index is -0.468. The van der Waals surface area contributed by atoms with Gasteiger partial charge in [0.2, 0.25) is 5.01 Å². The van der Waals surface area contributed by atoms with Crippen LogP contribution in [0.2, 0.25) is 0 Å². The van der Waals surface area contributed by atoms with Crippen molar-refractivity contribution in [2.24, 2.45) is 0 Å². The van der Waals surface area contributed by atoms with Gasteiger partial charge in [0, 0.05) is 12.8 Å². The molecule has 0 aliphatic carbocycles. The highest BCUT2D eigenvalue weighted by Gasteiger charge is 2.12. The van der Waals surface area contributed by atoms with E-state index in [1.165, 1.54) is 18.4 Å². The second kappa shape index (κ2) is 5.43. The molecule has 0 unspecified atom stereocenters. The summed E-state index contributed by atoms with van der Waals surface area (Å²) >= 11 is 1.20. The molecule has 0 radical (unpaired) electrons. The van der Waals surface area contributed by atoms with Crippen LogP contribution in [0.3, 0.4) is 0 Å². The molecular weight excluding hydrogens is 204 g/mol. The Bertz CT molecular complexity index is 324. The van der Waals surface area contributed by atoms with Crippen LogP contribution in [0, 0.1) is 0 Å². The van der Waals surface area contributed by atoms with Gasteiger partial charge in [-0.05, 0) is 6.42 Å². The third-order valence-corrected chi connectivity index (χ3v) is 2.50. The first-order valence-corrected chi connectivity index (χ1v) is 4.94. The Kier molecular flexibility index (Phi) is 4.18. The Balaban J connectivity index is 2.50. The summed E-state index contributed by atoms with van der Waals surface area (Å²) in [5.41, 5.74) is 0. The maximum Gasteiger partial charge on any atom is 0.369 e. The molecule has 0 fully saturated rings. The maximum atomic E-state index is 11.0. The third-order valence-electron chi connectivity index (χ3n) is 1.54. The molecule has 14 heavy (non-hydrogen) atoms. The normalized spacial score (nSPS) is 9.79. The number of carbonyl (C=O) groups excluding carboxylic acids is 2. The van der Waals surface area contributed by atoms with Crippen LogP contribution in [0.4, 0.5) is 0 Å². The van der Waals surface area contributed by atoms with Crippen molar-refractivity contribution >= 4 is 23.6 Å². The molecule has 0 atom stereocenters. The number of unbranched alkanes of at least 4 members (excludes halogenated alkanes) is 1. The number of esters is 1. The van der Waals surface area contributed by atoms with Crippen molar-refractivity contribution in [2.75, 3.05) is 7.11 Å². The van der Waals surface area contributed by atoms with Crippen molar-refractivity contribution in [1.82, 2.24) is 10.2 Å². The first-order valence-electron chi connectivity index (χ1n) is 4.12. The van der Waals surface area contributed by atoms with Crippen LogP contribution >= 0.6 is 11.3 Å². The zero-order valence-electron chi connectivity index (χ0n) is 7.73. The van der Waals surface area contributed by atoms with E-state index in [2.05, 4.69) is 14.9 Å². The molecule has 1 aromatic heterocycles. The van der Waals surface area contributed by atoms with Gasteiger partial charge in [-0.1, -0.05) is 11.3 Å². The number of aryl methyl sites for hydroxylation is 1. The minimum absolute atomic E-state index is 0.258. The summed E-state index contributed by atoms with van der Waals surface area (Å²) in [6.07, 6.45) is 2.78. The lowest BCUT2D eigenvalue weighted by Crippen LogP contribution is -1.99. The van der Waals surface area contributed by atoms with Crippen molar-refractivity contribution in [1.29, 1.82) is 0 Å². The van der Waals surface area contributed by atoms with E-state index in [-0.39, 0.29) is 5.01 Å². The Hall–Kier alpha value is -1.30. The number of ether oxygens (including phenoxy) is 1. The van der Waals surface area contributed by atoms with Crippen LogP contribution < -0.4 is 0 Å². The highest BCUT2D eigenvalue weighted by molar-refractivity contribution is 7.13. The van der Waals surface area contributed by atoms with E-state index in [0.717, 1.165) is 17.7 Å². The van der Waals surface area contributed by atoms with Gasteiger partial charge in [-0.3, -0.25) is 0 Å². The van der Waals surface area contributed by atoms with E-state index in [1.54, 1.807) is 0 Å². The quantitative estimate of drug-likeness (QED) is 0.413. The molecule has 0 aliphatic heterocycles. The van der Waals surface area contributed by atoms with E-state index in [9.17, 15) is 9.59 Å². The summed E-state index contributed by atoms with van der Waals surface area (Å²) in [4.78, 5) is 21.0. The SMILES string of the molecule is COC(=O)c1nnc(CCCC=O)s1. The molecule has 5 nitrogen and oxygen atoms in total. The van der Waals surface area contributed by atoms with E-state index in [4.69, 9.17) is 0 Å². The fourth-order valence-electron chi connectivity index (χ4n) is 0.861. The first kappa shape index (κ1) is 10.8. The lowest BCUT2D eigenvalue weighted by molar-refractivity contribution is -0.107. The zero-order chi connectivity index (χ0) is 10.4. The van der Waals surface area contributed by atoms with E-state index < -0.39 is 5.97 Å². The van der Waals surface area contributed by atoms with E-state index >= 15 is 0 Å². The third kappa shape index (κ3) is 2.88. The number of hydrogen-bond acceptors (Lipinski definition) is 6. The zero-order valence-corrected chi connectivity index (χ0v) is 8.54. The van der Waals surface area contributed by atoms with Gasteiger partial charge in [0.1, 0.15) is 11.3 Å². The fraction of sp³-hybridized carbons (Fsp3) is 0.500. The monoisotopic (exact) mass is 214 g/mol. The summed E-state index contributed by atoms with van der Waals surface area (Å²) in [5, 5.41) is 8.49. The van der Waals surface area contributed by atoms with Crippen molar-refractivity contribution < 1.29 is 14.3 Å². The topological polar surface area (TPSA) is 69.2 Å². The predicted molar refractivity (Wildman–Crippen MR) is 50.3 cm³/mol. The molecule has 0 bridgehead atoms. The van der Waals surface area contributed by atoms with Gasteiger partial charge in [0.25, 0.3) is 0 Å². The number of nitrogens with zero attached hydrogens (tertiary/aromatic N) is 2. The molecule has 0 aromatic carbocycles. The average molecular weight is 214 g/mol.